The summed E-state index contributed by atoms with van der Waals surface area (Å²) >= 11 is 0. The Hall–Kier alpha value is -4.59. The predicted octanol–water partition coefficient (Wildman–Crippen LogP) is 5.78. The molecule has 1 aliphatic carbocycles. The van der Waals surface area contributed by atoms with Crippen molar-refractivity contribution in [3.63, 3.8) is 0 Å². The van der Waals surface area contributed by atoms with Gasteiger partial charge in [-0.3, -0.25) is 19.3 Å². The van der Waals surface area contributed by atoms with Crippen molar-refractivity contribution in [2.24, 2.45) is 0 Å². The number of Topliss-reactive ketones (excluding diaryl/α,β-unsaturated/α-hetero) is 1. The molecule has 0 radical (unpaired) electrons. The van der Waals surface area contributed by atoms with Crippen LogP contribution in [-0.2, 0) is 14.4 Å². The number of carbonyl (C=O) groups is 3. The second-order valence-corrected chi connectivity index (χ2v) is 10.1. The third kappa shape index (κ3) is 5.17. The van der Waals surface area contributed by atoms with E-state index in [9.17, 15) is 19.5 Å². The molecule has 0 aromatic heterocycles. The lowest BCUT2D eigenvalue weighted by atomic mass is 9.78. The van der Waals surface area contributed by atoms with Crippen molar-refractivity contribution in [1.82, 2.24) is 0 Å². The number of aliphatic carboxylic acids is 1. The minimum Gasteiger partial charge on any atom is -0.493 e. The quantitative estimate of drug-likeness (QED) is 0.392. The Morgan fingerprint density at radius 3 is 2.33 bits per heavy atom. The fourth-order valence-corrected chi connectivity index (χ4v) is 5.61. The number of amides is 1. The van der Waals surface area contributed by atoms with E-state index in [2.05, 4.69) is 5.32 Å². The van der Waals surface area contributed by atoms with Gasteiger partial charge < -0.3 is 19.9 Å². The largest absolute Gasteiger partial charge is 0.493 e. The zero-order valence-corrected chi connectivity index (χ0v) is 22.8. The van der Waals surface area contributed by atoms with Gasteiger partial charge in [0.1, 0.15) is 0 Å². The molecule has 8 heteroatoms. The molecule has 0 saturated carbocycles. The van der Waals surface area contributed by atoms with Crippen molar-refractivity contribution >= 4 is 29.0 Å². The van der Waals surface area contributed by atoms with E-state index in [0.717, 1.165) is 22.4 Å². The number of anilines is 2. The lowest BCUT2D eigenvalue weighted by Gasteiger charge is -2.35. The zero-order valence-electron chi connectivity index (χ0n) is 22.8. The molecule has 5 rings (SSSR count). The standard InChI is InChI=1S/C32H32N2O6/c1-19-8-10-20(11-9-19)32-31-24(16-22(17-26(31)35)21-12-13-27(39-2)28(18-21)40-3)33-23-6-4-5-7-25(23)34(32)29(36)14-15-30(37)38/h4-13,18,22,32-33H,14-17H2,1-3H3,(H,37,38). The van der Waals surface area contributed by atoms with Crippen LogP contribution in [0.15, 0.2) is 78.0 Å². The van der Waals surface area contributed by atoms with Crippen LogP contribution < -0.4 is 19.7 Å². The topological polar surface area (TPSA) is 105 Å². The van der Waals surface area contributed by atoms with Crippen LogP contribution in [0.25, 0.3) is 0 Å². The van der Waals surface area contributed by atoms with Crippen molar-refractivity contribution in [2.45, 2.75) is 44.6 Å². The van der Waals surface area contributed by atoms with Crippen LogP contribution in [0.2, 0.25) is 0 Å². The van der Waals surface area contributed by atoms with E-state index >= 15 is 0 Å². The molecule has 0 spiro atoms. The Morgan fingerprint density at radius 2 is 1.62 bits per heavy atom. The van der Waals surface area contributed by atoms with E-state index in [4.69, 9.17) is 9.47 Å². The molecule has 2 N–H and O–H groups in total. The molecular formula is C32H32N2O6. The van der Waals surface area contributed by atoms with Crippen molar-refractivity contribution in [2.75, 3.05) is 24.4 Å². The molecule has 40 heavy (non-hydrogen) atoms. The molecule has 2 atom stereocenters. The minimum absolute atomic E-state index is 0.0667. The Morgan fingerprint density at radius 1 is 0.925 bits per heavy atom. The van der Waals surface area contributed by atoms with Gasteiger partial charge in [0.05, 0.1) is 38.1 Å². The van der Waals surface area contributed by atoms with Gasteiger partial charge in [-0.25, -0.2) is 0 Å². The second-order valence-electron chi connectivity index (χ2n) is 10.1. The maximum Gasteiger partial charge on any atom is 0.303 e. The summed E-state index contributed by atoms with van der Waals surface area (Å²) < 4.78 is 10.9. The highest BCUT2D eigenvalue weighted by atomic mass is 16.5. The maximum absolute atomic E-state index is 14.1. The number of hydrogen-bond acceptors (Lipinski definition) is 6. The van der Waals surface area contributed by atoms with Crippen molar-refractivity contribution in [3.8, 4) is 11.5 Å². The number of ketones is 1. The third-order valence-electron chi connectivity index (χ3n) is 7.58. The minimum atomic E-state index is -1.05. The molecule has 3 aromatic rings. The summed E-state index contributed by atoms with van der Waals surface area (Å²) in [6.45, 7) is 1.98. The number of benzene rings is 3. The van der Waals surface area contributed by atoms with Gasteiger partial charge in [0.2, 0.25) is 5.91 Å². The first-order valence-electron chi connectivity index (χ1n) is 13.2. The normalized spacial score (nSPS) is 18.3. The van der Waals surface area contributed by atoms with Gasteiger partial charge in [0.15, 0.2) is 17.3 Å². The van der Waals surface area contributed by atoms with Gasteiger partial charge in [-0.05, 0) is 54.7 Å². The van der Waals surface area contributed by atoms with E-state index in [0.29, 0.717) is 34.9 Å². The number of allylic oxidation sites excluding steroid dienone is 1. The van der Waals surface area contributed by atoms with Gasteiger partial charge in [-0.2, -0.15) is 0 Å². The Bertz CT molecular complexity index is 1490. The number of carbonyl (C=O) groups excluding carboxylic acids is 2. The highest BCUT2D eigenvalue weighted by molar-refractivity contribution is 6.06. The monoisotopic (exact) mass is 540 g/mol. The predicted molar refractivity (Wildman–Crippen MR) is 152 cm³/mol. The van der Waals surface area contributed by atoms with Gasteiger partial charge in [0, 0.05) is 24.1 Å². The van der Waals surface area contributed by atoms with E-state index in [1.807, 2.05) is 73.7 Å². The van der Waals surface area contributed by atoms with Gasteiger partial charge in [-0.15, -0.1) is 0 Å². The molecule has 2 unspecified atom stereocenters. The summed E-state index contributed by atoms with van der Waals surface area (Å²) in [5, 5.41) is 12.8. The van der Waals surface area contributed by atoms with Crippen LogP contribution in [0.4, 0.5) is 11.4 Å². The molecule has 1 amide bonds. The molecule has 3 aromatic carbocycles. The number of methoxy groups -OCH3 is 2. The van der Waals surface area contributed by atoms with Crippen LogP contribution in [0.5, 0.6) is 11.5 Å². The number of carboxylic acid groups (broad SMARTS) is 1. The van der Waals surface area contributed by atoms with Gasteiger partial charge in [-0.1, -0.05) is 48.0 Å². The van der Waals surface area contributed by atoms with Crippen LogP contribution in [-0.4, -0.2) is 37.0 Å². The molecule has 0 fully saturated rings. The molecule has 2 aliphatic rings. The van der Waals surface area contributed by atoms with Crippen molar-refractivity contribution < 1.29 is 29.0 Å². The van der Waals surface area contributed by atoms with Crippen LogP contribution >= 0.6 is 0 Å². The summed E-state index contributed by atoms with van der Waals surface area (Å²) in [6.07, 6.45) is 0.320. The van der Waals surface area contributed by atoms with Crippen LogP contribution in [0.3, 0.4) is 0 Å². The number of carboxylic acids is 1. The average molecular weight is 541 g/mol. The van der Waals surface area contributed by atoms with Gasteiger partial charge in [0.25, 0.3) is 0 Å². The molecular weight excluding hydrogens is 508 g/mol. The summed E-state index contributed by atoms with van der Waals surface area (Å²) in [7, 11) is 3.17. The van der Waals surface area contributed by atoms with E-state index < -0.39 is 12.0 Å². The Labute approximate surface area is 233 Å². The van der Waals surface area contributed by atoms with E-state index in [1.165, 1.54) is 0 Å². The lowest BCUT2D eigenvalue weighted by Crippen LogP contribution is -2.38. The fraction of sp³-hybridized carbons (Fsp3) is 0.281. The summed E-state index contributed by atoms with van der Waals surface area (Å²) in [4.78, 5) is 40.8. The summed E-state index contributed by atoms with van der Waals surface area (Å²) in [5.74, 6) is -0.371. The highest BCUT2D eigenvalue weighted by Crippen LogP contribution is 2.48. The number of rotatable bonds is 7. The number of aryl methyl sites for hydroxylation is 1. The molecule has 206 valence electrons. The Balaban J connectivity index is 1.65. The summed E-state index contributed by atoms with van der Waals surface area (Å²) in [5.41, 5.74) is 5.37. The van der Waals surface area contributed by atoms with Gasteiger partial charge >= 0.3 is 5.97 Å². The molecule has 1 aliphatic heterocycles. The maximum atomic E-state index is 14.1. The molecule has 1 heterocycles. The van der Waals surface area contributed by atoms with Crippen molar-refractivity contribution in [1.29, 1.82) is 0 Å². The lowest BCUT2D eigenvalue weighted by molar-refractivity contribution is -0.138. The first-order valence-corrected chi connectivity index (χ1v) is 13.2. The summed E-state index contributed by atoms with van der Waals surface area (Å²) in [6, 6.07) is 20.2. The fourth-order valence-electron chi connectivity index (χ4n) is 5.61. The number of nitrogens with one attached hydrogen (secondary N) is 1. The molecule has 0 bridgehead atoms. The first kappa shape index (κ1) is 27.0. The highest BCUT2D eigenvalue weighted by Gasteiger charge is 2.41. The number of ether oxygens (including phenoxy) is 2. The first-order chi connectivity index (χ1) is 19.3. The smallest absolute Gasteiger partial charge is 0.303 e. The zero-order chi connectivity index (χ0) is 28.4. The molecule has 8 nitrogen and oxygen atoms in total. The second kappa shape index (κ2) is 11.3. The van der Waals surface area contributed by atoms with E-state index in [-0.39, 0.29) is 36.9 Å². The van der Waals surface area contributed by atoms with Crippen molar-refractivity contribution in [3.05, 3.63) is 94.7 Å². The van der Waals surface area contributed by atoms with E-state index in [1.54, 1.807) is 19.1 Å². The number of hydrogen-bond donors (Lipinski definition) is 2. The van der Waals surface area contributed by atoms with Crippen LogP contribution in [0, 0.1) is 6.92 Å². The SMILES string of the molecule is COc1ccc(C2CC(=O)C3=C(C2)Nc2ccccc2N(C(=O)CCC(=O)O)C3c2ccc(C)cc2)cc1OC. The number of nitrogens with zero attached hydrogens (tertiary/aromatic N) is 1. The molecule has 0 saturated heterocycles. The number of para-hydroxylation sites is 2. The van der Waals surface area contributed by atoms with Crippen LogP contribution in [0.1, 0.15) is 54.3 Å². The third-order valence-corrected chi connectivity index (χ3v) is 7.58. The Kier molecular flexibility index (Phi) is 7.60. The number of fused-ring (bicyclic) bond motifs is 1. The average Bonchev–Trinajstić information content (AvgIpc) is 3.10.